The second-order valence-corrected chi connectivity index (χ2v) is 6.53. The molecule has 2 saturated heterocycles. The minimum atomic E-state index is 0.00860. The van der Waals surface area contributed by atoms with E-state index in [1.165, 1.54) is 0 Å². The molecule has 4 nitrogen and oxygen atoms in total. The topological polar surface area (TPSA) is 46.6 Å². The molecule has 2 aliphatic heterocycles. The van der Waals surface area contributed by atoms with Gasteiger partial charge >= 0.3 is 0 Å². The molecule has 1 amide bonds. The predicted molar refractivity (Wildman–Crippen MR) is 75.2 cm³/mol. The molecule has 0 N–H and O–H groups in total. The highest BCUT2D eigenvalue weighted by molar-refractivity contribution is 5.85. The van der Waals surface area contributed by atoms with Gasteiger partial charge in [0.2, 0.25) is 5.91 Å². The van der Waals surface area contributed by atoms with E-state index in [9.17, 15) is 9.59 Å². The SMILES string of the molecule is CC1OCCC1C(=O)N1CCCC1C1CCCCC1=O. The van der Waals surface area contributed by atoms with Crippen molar-refractivity contribution in [2.24, 2.45) is 11.8 Å². The van der Waals surface area contributed by atoms with Crippen molar-refractivity contribution in [3.05, 3.63) is 0 Å². The molecule has 0 bridgehead atoms. The normalized spacial score (nSPS) is 38.5. The zero-order valence-electron chi connectivity index (χ0n) is 12.3. The second kappa shape index (κ2) is 5.84. The lowest BCUT2D eigenvalue weighted by molar-refractivity contribution is -0.140. The van der Waals surface area contributed by atoms with Crippen LogP contribution >= 0.6 is 0 Å². The number of ether oxygens (including phenoxy) is 1. The Hall–Kier alpha value is -0.900. The summed E-state index contributed by atoms with van der Waals surface area (Å²) in [4.78, 5) is 26.9. The van der Waals surface area contributed by atoms with E-state index in [4.69, 9.17) is 4.74 Å². The van der Waals surface area contributed by atoms with E-state index in [0.717, 1.165) is 45.1 Å². The average molecular weight is 279 g/mol. The summed E-state index contributed by atoms with van der Waals surface area (Å²) in [5.74, 6) is 0.731. The zero-order valence-corrected chi connectivity index (χ0v) is 12.3. The van der Waals surface area contributed by atoms with Crippen LogP contribution in [0.5, 0.6) is 0 Å². The van der Waals surface area contributed by atoms with E-state index in [1.807, 2.05) is 11.8 Å². The van der Waals surface area contributed by atoms with E-state index in [1.54, 1.807) is 0 Å². The second-order valence-electron chi connectivity index (χ2n) is 6.53. The lowest BCUT2D eigenvalue weighted by Gasteiger charge is -2.34. The molecule has 4 heteroatoms. The van der Waals surface area contributed by atoms with Crippen LogP contribution in [0.4, 0.5) is 0 Å². The number of nitrogens with zero attached hydrogens (tertiary/aromatic N) is 1. The maximum absolute atomic E-state index is 12.8. The van der Waals surface area contributed by atoms with Crippen molar-refractivity contribution in [2.45, 2.75) is 64.0 Å². The first-order chi connectivity index (χ1) is 9.68. The number of rotatable bonds is 2. The summed E-state index contributed by atoms with van der Waals surface area (Å²) in [5.41, 5.74) is 0. The van der Waals surface area contributed by atoms with Crippen LogP contribution in [0.25, 0.3) is 0 Å². The maximum Gasteiger partial charge on any atom is 0.228 e. The third-order valence-corrected chi connectivity index (χ3v) is 5.34. The maximum atomic E-state index is 12.8. The van der Waals surface area contributed by atoms with Crippen LogP contribution in [-0.2, 0) is 14.3 Å². The number of likely N-dealkylation sites (tertiary alicyclic amines) is 1. The molecule has 0 spiro atoms. The molecule has 3 aliphatic rings. The number of amides is 1. The van der Waals surface area contributed by atoms with Crippen molar-refractivity contribution in [1.29, 1.82) is 0 Å². The fourth-order valence-electron chi connectivity index (χ4n) is 4.17. The summed E-state index contributed by atoms with van der Waals surface area (Å²) >= 11 is 0. The van der Waals surface area contributed by atoms with Gasteiger partial charge in [0.05, 0.1) is 12.0 Å². The average Bonchev–Trinajstić information content (AvgIpc) is 3.07. The Morgan fingerprint density at radius 3 is 2.75 bits per heavy atom. The number of carbonyl (C=O) groups is 2. The van der Waals surface area contributed by atoms with Gasteiger partial charge in [-0.15, -0.1) is 0 Å². The molecule has 1 saturated carbocycles. The van der Waals surface area contributed by atoms with Crippen LogP contribution in [0.1, 0.15) is 51.9 Å². The first-order valence-electron chi connectivity index (χ1n) is 8.13. The standard InChI is InChI=1S/C16H25NO3/c1-11-12(8-10-20-11)16(19)17-9-4-6-14(17)13-5-2-3-7-15(13)18/h11-14H,2-10H2,1H3. The van der Waals surface area contributed by atoms with Crippen LogP contribution in [0.15, 0.2) is 0 Å². The minimum Gasteiger partial charge on any atom is -0.378 e. The Labute approximate surface area is 120 Å². The van der Waals surface area contributed by atoms with Gasteiger partial charge in [-0.2, -0.15) is 0 Å². The molecular formula is C16H25NO3. The first kappa shape index (κ1) is 14.1. The van der Waals surface area contributed by atoms with E-state index >= 15 is 0 Å². The van der Waals surface area contributed by atoms with Crippen LogP contribution < -0.4 is 0 Å². The largest absolute Gasteiger partial charge is 0.378 e. The summed E-state index contributed by atoms with van der Waals surface area (Å²) in [7, 11) is 0. The lowest BCUT2D eigenvalue weighted by atomic mass is 9.81. The van der Waals surface area contributed by atoms with Crippen molar-refractivity contribution in [2.75, 3.05) is 13.2 Å². The molecule has 4 atom stereocenters. The molecule has 3 fully saturated rings. The van der Waals surface area contributed by atoms with Gasteiger partial charge < -0.3 is 9.64 Å². The molecule has 0 aromatic heterocycles. The van der Waals surface area contributed by atoms with Crippen molar-refractivity contribution >= 4 is 11.7 Å². The van der Waals surface area contributed by atoms with Crippen molar-refractivity contribution in [3.8, 4) is 0 Å². The predicted octanol–water partition coefficient (Wildman–Crippen LogP) is 2.16. The summed E-state index contributed by atoms with van der Waals surface area (Å²) in [6.45, 7) is 3.52. The smallest absolute Gasteiger partial charge is 0.228 e. The van der Waals surface area contributed by atoms with Crippen LogP contribution in [0, 0.1) is 11.8 Å². The molecule has 0 radical (unpaired) electrons. The molecule has 20 heavy (non-hydrogen) atoms. The quantitative estimate of drug-likeness (QED) is 0.778. The summed E-state index contributed by atoms with van der Waals surface area (Å²) in [6.07, 6.45) is 6.77. The van der Waals surface area contributed by atoms with E-state index in [2.05, 4.69) is 0 Å². The Morgan fingerprint density at radius 2 is 2.05 bits per heavy atom. The number of hydrogen-bond donors (Lipinski definition) is 0. The van der Waals surface area contributed by atoms with Crippen molar-refractivity contribution < 1.29 is 14.3 Å². The van der Waals surface area contributed by atoms with Crippen molar-refractivity contribution in [1.82, 2.24) is 4.90 Å². The van der Waals surface area contributed by atoms with Crippen LogP contribution in [0.2, 0.25) is 0 Å². The molecule has 0 aromatic rings. The highest BCUT2D eigenvalue weighted by Gasteiger charge is 2.42. The Morgan fingerprint density at radius 1 is 1.20 bits per heavy atom. The molecule has 2 heterocycles. The molecular weight excluding hydrogens is 254 g/mol. The van der Waals surface area contributed by atoms with Gasteiger partial charge in [0.15, 0.2) is 0 Å². The third kappa shape index (κ3) is 2.50. The van der Waals surface area contributed by atoms with E-state index < -0.39 is 0 Å². The summed E-state index contributed by atoms with van der Waals surface area (Å²) in [6, 6.07) is 0.170. The Balaban J connectivity index is 1.71. The zero-order chi connectivity index (χ0) is 14.1. The number of carbonyl (C=O) groups excluding carboxylic acids is 2. The minimum absolute atomic E-state index is 0.00860. The molecule has 0 aromatic carbocycles. The van der Waals surface area contributed by atoms with Gasteiger partial charge in [0.25, 0.3) is 0 Å². The van der Waals surface area contributed by atoms with Gasteiger partial charge in [-0.3, -0.25) is 9.59 Å². The third-order valence-electron chi connectivity index (χ3n) is 5.34. The van der Waals surface area contributed by atoms with Gasteiger partial charge in [-0.05, 0) is 39.0 Å². The van der Waals surface area contributed by atoms with Gasteiger partial charge in [-0.1, -0.05) is 6.42 Å². The summed E-state index contributed by atoms with van der Waals surface area (Å²) in [5, 5.41) is 0. The highest BCUT2D eigenvalue weighted by atomic mass is 16.5. The number of hydrogen-bond acceptors (Lipinski definition) is 3. The monoisotopic (exact) mass is 279 g/mol. The summed E-state index contributed by atoms with van der Waals surface area (Å²) < 4.78 is 5.53. The highest BCUT2D eigenvalue weighted by Crippen LogP contribution is 2.34. The molecule has 112 valence electrons. The number of ketones is 1. The van der Waals surface area contributed by atoms with E-state index in [0.29, 0.717) is 18.8 Å². The Kier molecular flexibility index (Phi) is 4.11. The Bertz CT molecular complexity index is 395. The molecule has 4 unspecified atom stereocenters. The molecule has 3 rings (SSSR count). The van der Waals surface area contributed by atoms with Crippen molar-refractivity contribution in [3.63, 3.8) is 0 Å². The van der Waals surface area contributed by atoms with Gasteiger partial charge in [0, 0.05) is 31.5 Å². The lowest BCUT2D eigenvalue weighted by Crippen LogP contribution is -2.47. The van der Waals surface area contributed by atoms with Crippen LogP contribution in [0.3, 0.4) is 0 Å². The van der Waals surface area contributed by atoms with Crippen LogP contribution in [-0.4, -0.2) is 41.9 Å². The first-order valence-corrected chi connectivity index (χ1v) is 8.13. The van der Waals surface area contributed by atoms with Gasteiger partial charge in [-0.25, -0.2) is 0 Å². The number of Topliss-reactive ketones (excluding diaryl/α,β-unsaturated/α-hetero) is 1. The fraction of sp³-hybridized carbons (Fsp3) is 0.875. The fourth-order valence-corrected chi connectivity index (χ4v) is 4.17. The van der Waals surface area contributed by atoms with Gasteiger partial charge in [0.1, 0.15) is 5.78 Å². The molecule has 1 aliphatic carbocycles. The van der Waals surface area contributed by atoms with E-state index in [-0.39, 0.29) is 29.9 Å².